The van der Waals surface area contributed by atoms with Crippen molar-refractivity contribution in [1.29, 1.82) is 0 Å². The Morgan fingerprint density at radius 3 is 2.36 bits per heavy atom. The largest absolute Gasteiger partial charge is 0.508 e. The molecule has 0 unspecified atom stereocenters. The highest BCUT2D eigenvalue weighted by molar-refractivity contribution is 6.31. The van der Waals surface area contributed by atoms with Gasteiger partial charge in [-0.1, -0.05) is 35.9 Å². The molecule has 5 N–H and O–H groups in total. The molecule has 0 aliphatic heterocycles. The van der Waals surface area contributed by atoms with Gasteiger partial charge in [0, 0.05) is 24.7 Å². The first-order chi connectivity index (χ1) is 13.3. The molecule has 1 aliphatic carbocycles. The number of aliphatic hydroxyl groups excluding tert-OH is 4. The highest BCUT2D eigenvalue weighted by atomic mass is 35.5. The minimum atomic E-state index is -1.46. The number of ether oxygens (including phenoxy) is 1. The van der Waals surface area contributed by atoms with E-state index in [2.05, 4.69) is 0 Å². The van der Waals surface area contributed by atoms with Crippen molar-refractivity contribution in [2.45, 2.75) is 36.8 Å². The Morgan fingerprint density at radius 2 is 1.75 bits per heavy atom. The minimum absolute atomic E-state index is 0.139. The van der Waals surface area contributed by atoms with Gasteiger partial charge in [0.25, 0.3) is 0 Å². The molecule has 28 heavy (non-hydrogen) atoms. The minimum Gasteiger partial charge on any atom is -0.508 e. The lowest BCUT2D eigenvalue weighted by molar-refractivity contribution is -0.224. The van der Waals surface area contributed by atoms with Crippen LogP contribution in [0.2, 0.25) is 5.02 Å². The Morgan fingerprint density at radius 1 is 1.07 bits per heavy atom. The highest BCUT2D eigenvalue weighted by Crippen LogP contribution is 2.44. The molecule has 0 spiro atoms. The van der Waals surface area contributed by atoms with Gasteiger partial charge in [-0.2, -0.15) is 0 Å². The fraction of sp³-hybridized carbons (Fsp3) is 0.429. The van der Waals surface area contributed by atoms with E-state index in [1.165, 1.54) is 7.11 Å². The van der Waals surface area contributed by atoms with Gasteiger partial charge in [-0.25, -0.2) is 0 Å². The Kier molecular flexibility index (Phi) is 6.29. The summed E-state index contributed by atoms with van der Waals surface area (Å²) in [6.45, 7) is -0.343. The predicted octanol–water partition coefficient (Wildman–Crippen LogP) is 1.57. The smallest absolute Gasteiger partial charge is 0.122 e. The van der Waals surface area contributed by atoms with Crippen LogP contribution >= 0.6 is 11.6 Å². The van der Waals surface area contributed by atoms with Gasteiger partial charge >= 0.3 is 0 Å². The molecule has 5 atom stereocenters. The summed E-state index contributed by atoms with van der Waals surface area (Å²) in [5.74, 6) is -0.468. The molecule has 0 amide bonds. The number of hydrogen-bond donors (Lipinski definition) is 5. The standard InChI is InChI=1S/C21H25ClO6/c1-28-21(10-14(11-23)18(25)19(26)20(21)27)15-4-7-17(22)13(9-15)8-12-2-5-16(24)6-3-12/h2-7,9,14,18-20,23-27H,8,10-11H2,1H3/t14-,18-,19+,20-,21-/m1/s1. The van der Waals surface area contributed by atoms with Crippen LogP contribution in [0.4, 0.5) is 0 Å². The van der Waals surface area contributed by atoms with Gasteiger partial charge in [0.15, 0.2) is 0 Å². The number of aromatic hydroxyl groups is 1. The molecule has 0 saturated heterocycles. The third kappa shape index (κ3) is 3.76. The first-order valence-electron chi connectivity index (χ1n) is 9.09. The highest BCUT2D eigenvalue weighted by Gasteiger charge is 2.53. The maximum absolute atomic E-state index is 10.7. The van der Waals surface area contributed by atoms with Crippen molar-refractivity contribution < 1.29 is 30.3 Å². The lowest BCUT2D eigenvalue weighted by Gasteiger charge is -2.48. The number of rotatable bonds is 5. The zero-order valence-corrected chi connectivity index (χ0v) is 16.3. The van der Waals surface area contributed by atoms with Crippen molar-refractivity contribution >= 4 is 11.6 Å². The molecule has 1 fully saturated rings. The maximum Gasteiger partial charge on any atom is 0.122 e. The molecule has 0 bridgehead atoms. The average Bonchev–Trinajstić information content (AvgIpc) is 2.70. The summed E-state index contributed by atoms with van der Waals surface area (Å²) in [5, 5.41) is 50.8. The quantitative estimate of drug-likeness (QED) is 0.513. The summed E-state index contributed by atoms with van der Waals surface area (Å²) in [4.78, 5) is 0. The normalized spacial score (nSPS) is 30.4. The molecular weight excluding hydrogens is 384 g/mol. The van der Waals surface area contributed by atoms with Crippen molar-refractivity contribution in [3.8, 4) is 5.75 Å². The molecule has 3 rings (SSSR count). The molecule has 6 nitrogen and oxygen atoms in total. The summed E-state index contributed by atoms with van der Waals surface area (Å²) >= 11 is 6.37. The van der Waals surface area contributed by atoms with Crippen molar-refractivity contribution in [3.63, 3.8) is 0 Å². The van der Waals surface area contributed by atoms with E-state index in [1.807, 2.05) is 0 Å². The third-order valence-corrected chi connectivity index (χ3v) is 6.03. The van der Waals surface area contributed by atoms with E-state index in [-0.39, 0.29) is 18.8 Å². The van der Waals surface area contributed by atoms with Crippen molar-refractivity contribution in [1.82, 2.24) is 0 Å². The summed E-state index contributed by atoms with van der Waals surface area (Å²) in [5.41, 5.74) is 1.04. The predicted molar refractivity (Wildman–Crippen MR) is 104 cm³/mol. The van der Waals surface area contributed by atoms with E-state index >= 15 is 0 Å². The van der Waals surface area contributed by atoms with Crippen LogP contribution < -0.4 is 0 Å². The topological polar surface area (TPSA) is 110 Å². The van der Waals surface area contributed by atoms with Gasteiger partial charge in [-0.3, -0.25) is 0 Å². The Labute approximate surface area is 168 Å². The van der Waals surface area contributed by atoms with E-state index in [4.69, 9.17) is 16.3 Å². The Balaban J connectivity index is 2.00. The second-order valence-corrected chi connectivity index (χ2v) is 7.72. The van der Waals surface area contributed by atoms with Crippen LogP contribution in [-0.4, -0.2) is 57.6 Å². The van der Waals surface area contributed by atoms with E-state index in [0.29, 0.717) is 17.0 Å². The van der Waals surface area contributed by atoms with Crippen LogP contribution in [0.15, 0.2) is 42.5 Å². The van der Waals surface area contributed by atoms with Crippen LogP contribution in [0.1, 0.15) is 23.1 Å². The lowest BCUT2D eigenvalue weighted by Crippen LogP contribution is -2.60. The summed E-state index contributed by atoms with van der Waals surface area (Å²) in [7, 11) is 1.43. The van der Waals surface area contributed by atoms with Crippen molar-refractivity contribution in [2.24, 2.45) is 5.92 Å². The van der Waals surface area contributed by atoms with Gasteiger partial charge < -0.3 is 30.3 Å². The van der Waals surface area contributed by atoms with Gasteiger partial charge in [0.2, 0.25) is 0 Å². The Hall–Kier alpha value is -1.67. The van der Waals surface area contributed by atoms with Crippen molar-refractivity contribution in [3.05, 3.63) is 64.2 Å². The first kappa shape index (κ1) is 21.0. The second-order valence-electron chi connectivity index (χ2n) is 7.32. The molecule has 7 heteroatoms. The van der Waals surface area contributed by atoms with Crippen molar-refractivity contribution in [2.75, 3.05) is 13.7 Å². The number of benzene rings is 2. The molecule has 152 valence electrons. The number of aliphatic hydroxyl groups is 4. The number of methoxy groups -OCH3 is 1. The van der Waals surface area contributed by atoms with Crippen LogP contribution in [0, 0.1) is 5.92 Å². The van der Waals surface area contributed by atoms with E-state index in [1.54, 1.807) is 42.5 Å². The molecule has 2 aromatic rings. The molecule has 0 heterocycles. The molecule has 2 aromatic carbocycles. The first-order valence-corrected chi connectivity index (χ1v) is 9.47. The zero-order valence-electron chi connectivity index (χ0n) is 15.5. The van der Waals surface area contributed by atoms with Gasteiger partial charge in [0.05, 0.1) is 6.10 Å². The fourth-order valence-electron chi connectivity index (χ4n) is 3.96. The fourth-order valence-corrected chi connectivity index (χ4v) is 4.15. The van der Waals surface area contributed by atoms with Crippen LogP contribution in [0.25, 0.3) is 0 Å². The van der Waals surface area contributed by atoms with E-state index in [0.717, 1.165) is 11.1 Å². The van der Waals surface area contributed by atoms with Crippen LogP contribution in [-0.2, 0) is 16.8 Å². The molecule has 0 radical (unpaired) electrons. The molecular formula is C21H25ClO6. The van der Waals surface area contributed by atoms with E-state index in [9.17, 15) is 25.5 Å². The summed E-state index contributed by atoms with van der Waals surface area (Å²) in [6.07, 6.45) is -3.44. The average molecular weight is 409 g/mol. The molecule has 1 aliphatic rings. The van der Waals surface area contributed by atoms with E-state index < -0.39 is 29.8 Å². The molecule has 0 aromatic heterocycles. The summed E-state index contributed by atoms with van der Waals surface area (Å²) < 4.78 is 5.68. The van der Waals surface area contributed by atoms with Crippen LogP contribution in [0.5, 0.6) is 5.75 Å². The monoisotopic (exact) mass is 408 g/mol. The van der Waals surface area contributed by atoms with Gasteiger partial charge in [0.1, 0.15) is 23.6 Å². The number of phenols is 1. The maximum atomic E-state index is 10.7. The van der Waals surface area contributed by atoms with Gasteiger partial charge in [-0.05, 0) is 47.7 Å². The van der Waals surface area contributed by atoms with Crippen LogP contribution in [0.3, 0.4) is 0 Å². The third-order valence-electron chi connectivity index (χ3n) is 5.66. The Bertz CT molecular complexity index is 809. The number of phenolic OH excluding ortho intramolecular Hbond substituents is 1. The molecule has 1 saturated carbocycles. The zero-order chi connectivity index (χ0) is 20.5. The number of halogens is 1. The van der Waals surface area contributed by atoms with Gasteiger partial charge in [-0.15, -0.1) is 0 Å². The number of hydrogen-bond acceptors (Lipinski definition) is 6. The SMILES string of the molecule is CO[C@@]1(c2ccc(Cl)c(Cc3ccc(O)cc3)c2)C[C@H](CO)[C@@H](O)[C@H](O)[C@H]1O. The lowest BCUT2D eigenvalue weighted by atomic mass is 9.69. The summed E-state index contributed by atoms with van der Waals surface area (Å²) in [6, 6.07) is 12.0. The second kappa shape index (κ2) is 8.37.